The second-order valence-electron chi connectivity index (χ2n) is 4.04. The number of phosphoric ester groups is 1. The van der Waals surface area contributed by atoms with Gasteiger partial charge in [-0.3, -0.25) is 4.52 Å². The van der Waals surface area contributed by atoms with Crippen molar-refractivity contribution in [1.82, 2.24) is 0 Å². The molecule has 19 heavy (non-hydrogen) atoms. The Bertz CT molecular complexity index is 438. The van der Waals surface area contributed by atoms with Gasteiger partial charge in [0.25, 0.3) is 0 Å². The molecule has 5 nitrogen and oxygen atoms in total. The Kier molecular flexibility index (Phi) is 5.77. The summed E-state index contributed by atoms with van der Waals surface area (Å²) in [5.41, 5.74) is 1.03. The van der Waals surface area contributed by atoms with Crippen molar-refractivity contribution in [3.8, 4) is 0 Å². The minimum absolute atomic E-state index is 0.306. The summed E-state index contributed by atoms with van der Waals surface area (Å²) in [6, 6.07) is 9.67. The summed E-state index contributed by atoms with van der Waals surface area (Å²) >= 11 is 0. The van der Waals surface area contributed by atoms with Gasteiger partial charge in [0.2, 0.25) is 0 Å². The number of ether oxygens (including phenoxy) is 1. The van der Waals surface area contributed by atoms with Gasteiger partial charge < -0.3 is 14.5 Å². The molecule has 1 saturated heterocycles. The molecule has 1 heterocycles. The van der Waals surface area contributed by atoms with Gasteiger partial charge in [0.05, 0.1) is 12.7 Å². The molecule has 0 unspecified atom stereocenters. The third kappa shape index (κ3) is 5.47. The van der Waals surface area contributed by atoms with Crippen LogP contribution < -0.4 is 0 Å². The van der Waals surface area contributed by atoms with E-state index in [0.29, 0.717) is 18.1 Å². The Morgan fingerprint density at radius 3 is 2.42 bits per heavy atom. The molecular weight excluding hydrogens is 307 g/mol. The van der Waals surface area contributed by atoms with Crippen molar-refractivity contribution in [2.24, 2.45) is 0 Å². The molecule has 1 aliphatic rings. The first-order chi connectivity index (χ1) is 9.04. The Labute approximate surface area is 119 Å². The third-order valence-corrected chi connectivity index (χ3v) is 5.50. The Hall–Kier alpha value is -0.0100. The molecule has 8 heteroatoms. The van der Waals surface area contributed by atoms with Crippen LogP contribution in [0.25, 0.3) is 0 Å². The third-order valence-electron chi connectivity index (χ3n) is 2.54. The second-order valence-corrected chi connectivity index (χ2v) is 7.78. The molecule has 0 bridgehead atoms. The van der Waals surface area contributed by atoms with E-state index in [-0.39, 0.29) is 6.10 Å². The van der Waals surface area contributed by atoms with Crippen LogP contribution in [0.4, 0.5) is 0 Å². The van der Waals surface area contributed by atoms with Crippen LogP contribution in [0, 0.1) is 0 Å². The molecule has 106 valence electrons. The zero-order chi connectivity index (χ0) is 13.7. The summed E-state index contributed by atoms with van der Waals surface area (Å²) in [6.07, 6.45) is -0.880. The lowest BCUT2D eigenvalue weighted by Crippen LogP contribution is -2.37. The van der Waals surface area contributed by atoms with Crippen LogP contribution in [0.15, 0.2) is 30.3 Å². The van der Waals surface area contributed by atoms with Crippen molar-refractivity contribution in [2.45, 2.75) is 18.8 Å². The molecule has 0 spiro atoms. The summed E-state index contributed by atoms with van der Waals surface area (Å²) < 4.78 is 21.4. The second kappa shape index (κ2) is 7.13. The average molecular weight is 322 g/mol. The van der Waals surface area contributed by atoms with Crippen LogP contribution in [0.3, 0.4) is 0 Å². The van der Waals surface area contributed by atoms with Crippen LogP contribution in [0.2, 0.25) is 0 Å². The summed E-state index contributed by atoms with van der Waals surface area (Å²) in [5.74, 6) is 1.16. The predicted octanol–water partition coefficient (Wildman–Crippen LogP) is 2.44. The van der Waals surface area contributed by atoms with Crippen molar-refractivity contribution < 1.29 is 23.6 Å². The quantitative estimate of drug-likeness (QED) is 0.637. The minimum atomic E-state index is -4.47. The molecule has 0 aliphatic carbocycles. The van der Waals surface area contributed by atoms with Crippen LogP contribution in [-0.4, -0.2) is 33.5 Å². The first kappa shape index (κ1) is 15.4. The average Bonchev–Trinajstić information content (AvgIpc) is 2.37. The highest BCUT2D eigenvalue weighted by molar-refractivity contribution is 8.76. The standard InChI is InChI=1S/C11H15O5PS2/c12-17(13,14)16-11-8-19-18-7-10(11)15-6-9-4-2-1-3-5-9/h1-5,10-11H,6-8H2,(H2,12,13,14)/t10-,11-/m0/s1. The van der Waals surface area contributed by atoms with Gasteiger partial charge in [-0.25, -0.2) is 4.57 Å². The number of hydrogen-bond donors (Lipinski definition) is 2. The fraction of sp³-hybridized carbons (Fsp3) is 0.455. The number of phosphoric acid groups is 1. The van der Waals surface area contributed by atoms with Crippen molar-refractivity contribution in [3.63, 3.8) is 0 Å². The van der Waals surface area contributed by atoms with Crippen molar-refractivity contribution >= 4 is 29.4 Å². The lowest BCUT2D eigenvalue weighted by molar-refractivity contribution is -0.0218. The first-order valence-corrected chi connectivity index (χ1v) is 9.70. The van der Waals surface area contributed by atoms with E-state index in [1.165, 1.54) is 10.8 Å². The maximum atomic E-state index is 10.9. The fourth-order valence-corrected chi connectivity index (χ4v) is 4.75. The Balaban J connectivity index is 1.91. The largest absolute Gasteiger partial charge is 0.469 e. The molecule has 1 fully saturated rings. The van der Waals surface area contributed by atoms with Gasteiger partial charge in [0, 0.05) is 11.5 Å². The van der Waals surface area contributed by atoms with Crippen molar-refractivity contribution in [2.75, 3.05) is 11.5 Å². The van der Waals surface area contributed by atoms with E-state index in [1.807, 2.05) is 30.3 Å². The molecule has 0 saturated carbocycles. The highest BCUT2D eigenvalue weighted by atomic mass is 33.1. The Morgan fingerprint density at radius 1 is 1.16 bits per heavy atom. The molecule has 2 atom stereocenters. The summed E-state index contributed by atoms with van der Waals surface area (Å²) in [5, 5.41) is 0. The molecule has 2 N–H and O–H groups in total. The van der Waals surface area contributed by atoms with E-state index in [4.69, 9.17) is 19.0 Å². The van der Waals surface area contributed by atoms with E-state index in [1.54, 1.807) is 10.8 Å². The van der Waals surface area contributed by atoms with Gasteiger partial charge >= 0.3 is 7.82 Å². The van der Waals surface area contributed by atoms with Crippen LogP contribution in [0.5, 0.6) is 0 Å². The van der Waals surface area contributed by atoms with Gasteiger partial charge in [-0.15, -0.1) is 0 Å². The van der Waals surface area contributed by atoms with E-state index < -0.39 is 13.9 Å². The van der Waals surface area contributed by atoms with Crippen LogP contribution in [0.1, 0.15) is 5.56 Å². The van der Waals surface area contributed by atoms with Gasteiger partial charge in [0.15, 0.2) is 0 Å². The van der Waals surface area contributed by atoms with Crippen LogP contribution >= 0.6 is 29.4 Å². The molecule has 1 aliphatic heterocycles. The number of hydrogen-bond acceptors (Lipinski definition) is 5. The van der Waals surface area contributed by atoms with Crippen molar-refractivity contribution in [1.29, 1.82) is 0 Å². The lowest BCUT2D eigenvalue weighted by atomic mass is 10.2. The number of rotatable bonds is 5. The smallest absolute Gasteiger partial charge is 0.370 e. The normalized spacial score (nSPS) is 24.3. The highest BCUT2D eigenvalue weighted by Gasteiger charge is 2.33. The predicted molar refractivity (Wildman–Crippen MR) is 76.9 cm³/mol. The van der Waals surface area contributed by atoms with E-state index in [9.17, 15) is 4.57 Å². The SMILES string of the molecule is O=P(O)(O)O[C@H]1CSSC[C@@H]1OCc1ccccc1. The van der Waals surface area contributed by atoms with E-state index in [2.05, 4.69) is 0 Å². The molecular formula is C11H15O5PS2. The highest BCUT2D eigenvalue weighted by Crippen LogP contribution is 2.43. The van der Waals surface area contributed by atoms with Gasteiger partial charge in [-0.05, 0) is 5.56 Å². The topological polar surface area (TPSA) is 76.0 Å². The molecule has 2 rings (SSSR count). The summed E-state index contributed by atoms with van der Waals surface area (Å²) in [6.45, 7) is 0.414. The van der Waals surface area contributed by atoms with Gasteiger partial charge in [-0.2, -0.15) is 0 Å². The molecule has 1 aromatic carbocycles. The molecule has 0 amide bonds. The van der Waals surface area contributed by atoms with Gasteiger partial charge in [-0.1, -0.05) is 51.9 Å². The van der Waals surface area contributed by atoms with E-state index >= 15 is 0 Å². The fourth-order valence-electron chi connectivity index (χ4n) is 1.65. The zero-order valence-electron chi connectivity index (χ0n) is 10.0. The van der Waals surface area contributed by atoms with Crippen LogP contribution in [-0.2, 0) is 20.4 Å². The first-order valence-electron chi connectivity index (χ1n) is 5.68. The van der Waals surface area contributed by atoms with Crippen molar-refractivity contribution in [3.05, 3.63) is 35.9 Å². The number of benzene rings is 1. The minimum Gasteiger partial charge on any atom is -0.370 e. The maximum Gasteiger partial charge on any atom is 0.469 e. The zero-order valence-corrected chi connectivity index (χ0v) is 12.6. The van der Waals surface area contributed by atoms with E-state index in [0.717, 1.165) is 5.56 Å². The lowest BCUT2D eigenvalue weighted by Gasteiger charge is -2.30. The Morgan fingerprint density at radius 2 is 1.79 bits per heavy atom. The molecule has 0 aromatic heterocycles. The van der Waals surface area contributed by atoms with Gasteiger partial charge in [0.1, 0.15) is 6.10 Å². The molecule has 0 radical (unpaired) electrons. The molecule has 1 aromatic rings. The maximum absolute atomic E-state index is 10.9. The monoisotopic (exact) mass is 322 g/mol. The summed E-state index contributed by atoms with van der Waals surface area (Å²) in [7, 11) is -1.31. The summed E-state index contributed by atoms with van der Waals surface area (Å²) in [4.78, 5) is 17.8.